The number of hydrogen-bond acceptors (Lipinski definition) is 2. The minimum atomic E-state index is 0.464. The van der Waals surface area contributed by atoms with E-state index in [0.717, 1.165) is 11.8 Å². The molecule has 0 aromatic heterocycles. The van der Waals surface area contributed by atoms with Crippen molar-refractivity contribution in [3.63, 3.8) is 0 Å². The van der Waals surface area contributed by atoms with Gasteiger partial charge in [-0.25, -0.2) is 0 Å². The minimum Gasteiger partial charge on any atom is -0.373 e. The molecule has 0 radical (unpaired) electrons. The highest BCUT2D eigenvalue weighted by atomic mass is 16.5. The van der Waals surface area contributed by atoms with Crippen LogP contribution in [-0.2, 0) is 4.74 Å². The van der Waals surface area contributed by atoms with Crippen LogP contribution in [0, 0.1) is 11.8 Å². The third kappa shape index (κ3) is 4.46. The maximum atomic E-state index is 6.58. The van der Waals surface area contributed by atoms with E-state index in [9.17, 15) is 0 Å². The topological polar surface area (TPSA) is 21.3 Å². The first-order valence-corrected chi connectivity index (χ1v) is 9.09. The van der Waals surface area contributed by atoms with E-state index in [2.05, 4.69) is 26.2 Å². The molecule has 0 aliphatic heterocycles. The molecule has 0 aromatic rings. The predicted octanol–water partition coefficient (Wildman–Crippen LogP) is 4.53. The molecular formula is C18H35NO. The molecule has 0 saturated heterocycles. The molecule has 2 nitrogen and oxygen atoms in total. The molecule has 0 aromatic carbocycles. The van der Waals surface area contributed by atoms with E-state index in [0.29, 0.717) is 18.2 Å². The van der Waals surface area contributed by atoms with Crippen LogP contribution in [0.4, 0.5) is 0 Å². The summed E-state index contributed by atoms with van der Waals surface area (Å²) in [6.07, 6.45) is 14.4. The molecule has 2 rings (SSSR count). The Morgan fingerprint density at radius 3 is 2.55 bits per heavy atom. The van der Waals surface area contributed by atoms with Crippen molar-refractivity contribution in [1.82, 2.24) is 5.32 Å². The number of likely N-dealkylation sites (N-methyl/N-ethyl adjacent to an activating group) is 1. The molecule has 2 fully saturated rings. The lowest BCUT2D eigenvalue weighted by atomic mass is 9.81. The molecule has 0 spiro atoms. The van der Waals surface area contributed by atoms with E-state index < -0.39 is 0 Å². The van der Waals surface area contributed by atoms with Crippen LogP contribution in [0.25, 0.3) is 0 Å². The molecule has 1 N–H and O–H groups in total. The maximum Gasteiger partial charge on any atom is 0.0734 e. The van der Waals surface area contributed by atoms with Crippen LogP contribution in [0.15, 0.2) is 0 Å². The highest BCUT2D eigenvalue weighted by Gasteiger charge is 2.33. The lowest BCUT2D eigenvalue weighted by Crippen LogP contribution is -2.46. The molecular weight excluding hydrogens is 246 g/mol. The third-order valence-corrected chi connectivity index (χ3v) is 5.65. The average Bonchev–Trinajstić information content (AvgIpc) is 2.48. The monoisotopic (exact) mass is 281 g/mol. The largest absolute Gasteiger partial charge is 0.373 e. The summed E-state index contributed by atoms with van der Waals surface area (Å²) in [5.41, 5.74) is 0. The van der Waals surface area contributed by atoms with Crippen LogP contribution in [0.2, 0.25) is 0 Å². The molecule has 20 heavy (non-hydrogen) atoms. The second-order valence-corrected chi connectivity index (χ2v) is 7.10. The normalized spacial score (nSPS) is 38.9. The summed E-state index contributed by atoms with van der Waals surface area (Å²) in [6.45, 7) is 4.65. The second kappa shape index (κ2) is 8.38. The van der Waals surface area contributed by atoms with Gasteiger partial charge in [-0.05, 0) is 51.0 Å². The van der Waals surface area contributed by atoms with E-state index in [4.69, 9.17) is 4.74 Å². The summed E-state index contributed by atoms with van der Waals surface area (Å²) in [5, 5.41) is 3.51. The van der Waals surface area contributed by atoms with Crippen molar-refractivity contribution in [3.05, 3.63) is 0 Å². The highest BCUT2D eigenvalue weighted by molar-refractivity contribution is 4.86. The molecule has 0 amide bonds. The van der Waals surface area contributed by atoms with Gasteiger partial charge in [-0.3, -0.25) is 0 Å². The van der Waals surface area contributed by atoms with Crippen LogP contribution in [0.5, 0.6) is 0 Å². The molecule has 2 heteroatoms. The average molecular weight is 281 g/mol. The fourth-order valence-corrected chi connectivity index (χ4v) is 4.35. The minimum absolute atomic E-state index is 0.464. The quantitative estimate of drug-likeness (QED) is 0.772. The Morgan fingerprint density at radius 2 is 1.85 bits per heavy atom. The molecule has 5 unspecified atom stereocenters. The first kappa shape index (κ1) is 16.3. The van der Waals surface area contributed by atoms with Gasteiger partial charge in [0.25, 0.3) is 0 Å². The van der Waals surface area contributed by atoms with Gasteiger partial charge in [-0.1, -0.05) is 46.0 Å². The standard InChI is InChI=1S/C18H35NO/c1-4-7-15-10-11-17(19-3)18(13-15)20-16-9-6-8-14(5-2)12-16/h14-19H,4-13H2,1-3H3. The summed E-state index contributed by atoms with van der Waals surface area (Å²) in [4.78, 5) is 0. The zero-order chi connectivity index (χ0) is 14.4. The fourth-order valence-electron chi connectivity index (χ4n) is 4.35. The zero-order valence-electron chi connectivity index (χ0n) is 13.9. The molecule has 2 saturated carbocycles. The van der Waals surface area contributed by atoms with Crippen LogP contribution >= 0.6 is 0 Å². The first-order chi connectivity index (χ1) is 9.76. The van der Waals surface area contributed by atoms with Crippen molar-refractivity contribution in [3.8, 4) is 0 Å². The van der Waals surface area contributed by atoms with Crippen molar-refractivity contribution < 1.29 is 4.74 Å². The molecule has 0 bridgehead atoms. The second-order valence-electron chi connectivity index (χ2n) is 7.10. The van der Waals surface area contributed by atoms with Gasteiger partial charge in [-0.15, -0.1) is 0 Å². The number of nitrogens with one attached hydrogen (secondary N) is 1. The van der Waals surface area contributed by atoms with E-state index in [-0.39, 0.29) is 0 Å². The van der Waals surface area contributed by atoms with Gasteiger partial charge in [0.1, 0.15) is 0 Å². The van der Waals surface area contributed by atoms with Crippen molar-refractivity contribution in [1.29, 1.82) is 0 Å². The third-order valence-electron chi connectivity index (χ3n) is 5.65. The fraction of sp³-hybridized carbons (Fsp3) is 1.00. The Morgan fingerprint density at radius 1 is 1.00 bits per heavy atom. The highest BCUT2D eigenvalue weighted by Crippen LogP contribution is 2.34. The van der Waals surface area contributed by atoms with Gasteiger partial charge in [0.2, 0.25) is 0 Å². The van der Waals surface area contributed by atoms with Crippen molar-refractivity contribution in [2.45, 2.75) is 96.3 Å². The van der Waals surface area contributed by atoms with Gasteiger partial charge in [0.05, 0.1) is 12.2 Å². The van der Waals surface area contributed by atoms with E-state index in [1.807, 2.05) is 0 Å². The summed E-state index contributed by atoms with van der Waals surface area (Å²) in [6, 6.07) is 0.588. The van der Waals surface area contributed by atoms with Gasteiger partial charge in [0, 0.05) is 6.04 Å². The summed E-state index contributed by atoms with van der Waals surface area (Å²) >= 11 is 0. The Hall–Kier alpha value is -0.0800. The Labute approximate surface area is 126 Å². The zero-order valence-corrected chi connectivity index (χ0v) is 13.9. The van der Waals surface area contributed by atoms with Crippen LogP contribution in [0.3, 0.4) is 0 Å². The summed E-state index contributed by atoms with van der Waals surface area (Å²) < 4.78 is 6.58. The smallest absolute Gasteiger partial charge is 0.0734 e. The SMILES string of the molecule is CCCC1CCC(NC)C(OC2CCCC(CC)C2)C1. The van der Waals surface area contributed by atoms with Gasteiger partial charge in [-0.2, -0.15) is 0 Å². The van der Waals surface area contributed by atoms with Gasteiger partial charge < -0.3 is 10.1 Å². The van der Waals surface area contributed by atoms with E-state index in [1.165, 1.54) is 64.2 Å². The number of ether oxygens (including phenoxy) is 1. The predicted molar refractivity (Wildman–Crippen MR) is 86.0 cm³/mol. The maximum absolute atomic E-state index is 6.58. The lowest BCUT2D eigenvalue weighted by molar-refractivity contribution is -0.0769. The summed E-state index contributed by atoms with van der Waals surface area (Å²) in [7, 11) is 2.11. The van der Waals surface area contributed by atoms with Crippen LogP contribution in [-0.4, -0.2) is 25.3 Å². The lowest BCUT2D eigenvalue weighted by Gasteiger charge is -2.39. The Balaban J connectivity index is 1.86. The number of rotatable bonds is 6. The molecule has 0 heterocycles. The van der Waals surface area contributed by atoms with E-state index >= 15 is 0 Å². The molecule has 2 aliphatic rings. The number of hydrogen-bond donors (Lipinski definition) is 1. The first-order valence-electron chi connectivity index (χ1n) is 9.09. The molecule has 5 atom stereocenters. The Kier molecular flexibility index (Phi) is 6.83. The van der Waals surface area contributed by atoms with Crippen molar-refractivity contribution in [2.75, 3.05) is 7.05 Å². The van der Waals surface area contributed by atoms with Crippen molar-refractivity contribution >= 4 is 0 Å². The van der Waals surface area contributed by atoms with Gasteiger partial charge in [0.15, 0.2) is 0 Å². The van der Waals surface area contributed by atoms with Crippen LogP contribution in [0.1, 0.15) is 78.1 Å². The summed E-state index contributed by atoms with van der Waals surface area (Å²) in [5.74, 6) is 1.82. The van der Waals surface area contributed by atoms with E-state index in [1.54, 1.807) is 0 Å². The van der Waals surface area contributed by atoms with Gasteiger partial charge >= 0.3 is 0 Å². The van der Waals surface area contributed by atoms with Crippen LogP contribution < -0.4 is 5.32 Å². The molecule has 2 aliphatic carbocycles. The molecule has 118 valence electrons. The van der Waals surface area contributed by atoms with Crippen molar-refractivity contribution in [2.24, 2.45) is 11.8 Å². The Bertz CT molecular complexity index is 268.